The van der Waals surface area contributed by atoms with Crippen LogP contribution in [0.15, 0.2) is 6.33 Å². The number of nitriles is 1. The van der Waals surface area contributed by atoms with Crippen LogP contribution in [0, 0.1) is 11.3 Å². The lowest BCUT2D eigenvalue weighted by molar-refractivity contribution is 0.813. The third-order valence-electron chi connectivity index (χ3n) is 2.46. The summed E-state index contributed by atoms with van der Waals surface area (Å²) in [7, 11) is 0. The van der Waals surface area contributed by atoms with Crippen LogP contribution in [-0.4, -0.2) is 33.0 Å². The number of aromatic nitrogens is 4. The van der Waals surface area contributed by atoms with Gasteiger partial charge in [0.25, 0.3) is 0 Å². The first-order chi connectivity index (χ1) is 8.26. The van der Waals surface area contributed by atoms with Gasteiger partial charge in [-0.15, -0.1) is 0 Å². The lowest BCUT2D eigenvalue weighted by Crippen LogP contribution is -2.25. The van der Waals surface area contributed by atoms with Crippen molar-refractivity contribution in [3.63, 3.8) is 0 Å². The molecule has 0 radical (unpaired) electrons. The monoisotopic (exact) mass is 231 g/mol. The van der Waals surface area contributed by atoms with Crippen molar-refractivity contribution in [1.29, 1.82) is 5.26 Å². The number of rotatable bonds is 4. The molecule has 3 N–H and O–H groups in total. The zero-order valence-electron chi connectivity index (χ0n) is 9.51. The Morgan fingerprint density at radius 2 is 2.35 bits per heavy atom. The average molecular weight is 231 g/mol. The van der Waals surface area contributed by atoms with Crippen molar-refractivity contribution in [1.82, 2.24) is 19.9 Å². The summed E-state index contributed by atoms with van der Waals surface area (Å²) in [4.78, 5) is 17.3. The molecule has 7 nitrogen and oxygen atoms in total. The molecule has 88 valence electrons. The third kappa shape index (κ3) is 2.10. The summed E-state index contributed by atoms with van der Waals surface area (Å²) < 4.78 is 0. The first kappa shape index (κ1) is 11.1. The molecule has 2 rings (SSSR count). The van der Waals surface area contributed by atoms with Crippen LogP contribution in [-0.2, 0) is 0 Å². The Labute approximate surface area is 98.3 Å². The largest absolute Gasteiger partial charge is 0.368 e. The maximum Gasteiger partial charge on any atom is 0.224 e. The zero-order valence-corrected chi connectivity index (χ0v) is 9.51. The van der Waals surface area contributed by atoms with Gasteiger partial charge in [-0.2, -0.15) is 15.2 Å². The van der Waals surface area contributed by atoms with Crippen molar-refractivity contribution in [2.75, 3.05) is 23.7 Å². The Kier molecular flexibility index (Phi) is 3.05. The van der Waals surface area contributed by atoms with Crippen LogP contribution in [0.3, 0.4) is 0 Å². The number of fused-ring (bicyclic) bond motifs is 1. The van der Waals surface area contributed by atoms with Gasteiger partial charge in [0.1, 0.15) is 5.52 Å². The molecule has 2 heterocycles. The quantitative estimate of drug-likeness (QED) is 0.800. The Morgan fingerprint density at radius 3 is 3.06 bits per heavy atom. The number of nitrogen functional groups attached to an aromatic ring is 1. The van der Waals surface area contributed by atoms with E-state index in [2.05, 4.69) is 26.0 Å². The minimum atomic E-state index is 0.190. The summed E-state index contributed by atoms with van der Waals surface area (Å²) in [5.74, 6) is 0.887. The lowest BCUT2D eigenvalue weighted by atomic mass is 10.3. The second kappa shape index (κ2) is 4.65. The van der Waals surface area contributed by atoms with Crippen LogP contribution in [0.4, 0.5) is 11.8 Å². The number of hydrogen-bond acceptors (Lipinski definition) is 6. The molecule has 17 heavy (non-hydrogen) atoms. The first-order valence-electron chi connectivity index (χ1n) is 5.34. The minimum absolute atomic E-state index is 0.190. The van der Waals surface area contributed by atoms with E-state index in [1.807, 2.05) is 11.8 Å². The second-order valence-corrected chi connectivity index (χ2v) is 3.49. The molecule has 0 amide bonds. The molecule has 0 aliphatic carbocycles. The molecule has 2 aromatic heterocycles. The van der Waals surface area contributed by atoms with Gasteiger partial charge in [-0.1, -0.05) is 0 Å². The van der Waals surface area contributed by atoms with Crippen molar-refractivity contribution < 1.29 is 0 Å². The maximum absolute atomic E-state index is 8.63. The van der Waals surface area contributed by atoms with E-state index in [0.717, 1.165) is 12.1 Å². The fourth-order valence-electron chi connectivity index (χ4n) is 1.66. The lowest BCUT2D eigenvalue weighted by Gasteiger charge is -2.20. The van der Waals surface area contributed by atoms with Crippen LogP contribution in [0.25, 0.3) is 11.2 Å². The molecule has 0 spiro atoms. The van der Waals surface area contributed by atoms with Crippen LogP contribution < -0.4 is 10.6 Å². The predicted molar refractivity (Wildman–Crippen MR) is 64.2 cm³/mol. The van der Waals surface area contributed by atoms with Gasteiger partial charge < -0.3 is 15.6 Å². The van der Waals surface area contributed by atoms with Crippen LogP contribution >= 0.6 is 0 Å². The fourth-order valence-corrected chi connectivity index (χ4v) is 1.66. The van der Waals surface area contributed by atoms with E-state index in [-0.39, 0.29) is 5.95 Å². The van der Waals surface area contributed by atoms with Gasteiger partial charge in [0.15, 0.2) is 11.5 Å². The molecular formula is C10H13N7. The minimum Gasteiger partial charge on any atom is -0.368 e. The fraction of sp³-hybridized carbons (Fsp3) is 0.400. The van der Waals surface area contributed by atoms with E-state index >= 15 is 0 Å². The number of nitrogens with two attached hydrogens (primary N) is 1. The van der Waals surface area contributed by atoms with Gasteiger partial charge >= 0.3 is 0 Å². The summed E-state index contributed by atoms with van der Waals surface area (Å²) >= 11 is 0. The summed E-state index contributed by atoms with van der Waals surface area (Å²) in [5, 5.41) is 8.63. The topological polar surface area (TPSA) is 108 Å². The van der Waals surface area contributed by atoms with E-state index in [9.17, 15) is 0 Å². The van der Waals surface area contributed by atoms with Crippen LogP contribution in [0.2, 0.25) is 0 Å². The van der Waals surface area contributed by atoms with Crippen molar-refractivity contribution in [2.45, 2.75) is 13.3 Å². The van der Waals surface area contributed by atoms with Gasteiger partial charge in [-0.05, 0) is 6.92 Å². The van der Waals surface area contributed by atoms with Gasteiger partial charge in [-0.3, -0.25) is 0 Å². The van der Waals surface area contributed by atoms with Gasteiger partial charge in [0.05, 0.1) is 18.8 Å². The van der Waals surface area contributed by atoms with E-state index in [4.69, 9.17) is 11.0 Å². The molecule has 0 unspecified atom stereocenters. The maximum atomic E-state index is 8.63. The molecule has 0 atom stereocenters. The third-order valence-corrected chi connectivity index (χ3v) is 2.46. The number of imidazole rings is 1. The number of nitrogens with one attached hydrogen (secondary N) is 1. The zero-order chi connectivity index (χ0) is 12.3. The normalized spacial score (nSPS) is 10.4. The number of nitrogens with zero attached hydrogens (tertiary/aromatic N) is 5. The highest BCUT2D eigenvalue weighted by atomic mass is 15.2. The smallest absolute Gasteiger partial charge is 0.224 e. The summed E-state index contributed by atoms with van der Waals surface area (Å²) in [6.45, 7) is 3.35. The predicted octanol–water partition coefficient (Wildman–Crippen LogP) is 0.675. The Morgan fingerprint density at radius 1 is 1.53 bits per heavy atom. The van der Waals surface area contributed by atoms with E-state index in [1.165, 1.54) is 0 Å². The van der Waals surface area contributed by atoms with Gasteiger partial charge in [0, 0.05) is 13.1 Å². The van der Waals surface area contributed by atoms with Gasteiger partial charge in [-0.25, -0.2) is 4.98 Å². The molecule has 7 heteroatoms. The standard InChI is InChI=1S/C10H13N7/c1-2-17(5-3-4-11)9-7-8(14-6-13-7)15-10(12)16-9/h6H,2-3,5H2,1H3,(H3,12,13,14,15,16). The van der Waals surface area contributed by atoms with Crippen molar-refractivity contribution >= 4 is 22.9 Å². The molecule has 0 fully saturated rings. The molecule has 0 aliphatic heterocycles. The van der Waals surface area contributed by atoms with E-state index < -0.39 is 0 Å². The van der Waals surface area contributed by atoms with Crippen molar-refractivity contribution in [3.8, 4) is 6.07 Å². The molecule has 0 aromatic carbocycles. The van der Waals surface area contributed by atoms with E-state index in [0.29, 0.717) is 24.4 Å². The van der Waals surface area contributed by atoms with Crippen LogP contribution in [0.1, 0.15) is 13.3 Å². The summed E-state index contributed by atoms with van der Waals surface area (Å²) in [5.41, 5.74) is 6.93. The highest BCUT2D eigenvalue weighted by Crippen LogP contribution is 2.21. The molecule has 2 aromatic rings. The molecule has 0 aliphatic rings. The number of anilines is 2. The highest BCUT2D eigenvalue weighted by molar-refractivity contribution is 5.84. The number of aromatic amines is 1. The Balaban J connectivity index is 2.44. The second-order valence-electron chi connectivity index (χ2n) is 3.49. The molecule has 0 bridgehead atoms. The summed E-state index contributed by atoms with van der Waals surface area (Å²) in [6, 6.07) is 2.12. The van der Waals surface area contributed by atoms with Crippen LogP contribution in [0.5, 0.6) is 0 Å². The molecule has 0 saturated carbocycles. The van der Waals surface area contributed by atoms with Crippen molar-refractivity contribution in [3.05, 3.63) is 6.33 Å². The van der Waals surface area contributed by atoms with Crippen molar-refractivity contribution in [2.24, 2.45) is 0 Å². The Hall–Kier alpha value is -2.36. The molecule has 0 saturated heterocycles. The Bertz CT molecular complexity index is 553. The SMILES string of the molecule is CCN(CCC#N)c1nc(N)nc2nc[nH]c12. The molecular weight excluding hydrogens is 218 g/mol. The number of H-pyrrole nitrogens is 1. The average Bonchev–Trinajstić information content (AvgIpc) is 2.77. The van der Waals surface area contributed by atoms with E-state index in [1.54, 1.807) is 6.33 Å². The number of hydrogen-bond donors (Lipinski definition) is 2. The highest BCUT2D eigenvalue weighted by Gasteiger charge is 2.13. The summed E-state index contributed by atoms with van der Waals surface area (Å²) in [6.07, 6.45) is 1.99. The first-order valence-corrected chi connectivity index (χ1v) is 5.34. The van der Waals surface area contributed by atoms with Gasteiger partial charge in [0.2, 0.25) is 5.95 Å².